The van der Waals surface area contributed by atoms with Gasteiger partial charge < -0.3 is 0 Å². The molecule has 0 saturated heterocycles. The van der Waals surface area contributed by atoms with Gasteiger partial charge in [-0.1, -0.05) is 19.8 Å². The van der Waals surface area contributed by atoms with Gasteiger partial charge in [0.05, 0.1) is 13.6 Å². The molecule has 13 heavy (non-hydrogen) atoms. The molecule has 0 bridgehead atoms. The van der Waals surface area contributed by atoms with Gasteiger partial charge >= 0.3 is 0 Å². The van der Waals surface area contributed by atoms with Crippen molar-refractivity contribution < 1.29 is 4.57 Å². The van der Waals surface area contributed by atoms with Gasteiger partial charge in [-0.15, -0.1) is 0 Å². The van der Waals surface area contributed by atoms with Crippen molar-refractivity contribution in [2.45, 2.75) is 46.1 Å². The first kappa shape index (κ1) is 10.3. The summed E-state index contributed by atoms with van der Waals surface area (Å²) in [6.07, 6.45) is 9.64. The van der Waals surface area contributed by atoms with Gasteiger partial charge in [0.15, 0.2) is 0 Å². The van der Waals surface area contributed by atoms with Crippen LogP contribution in [0.1, 0.15) is 38.4 Å². The molecule has 1 rings (SSSR count). The van der Waals surface area contributed by atoms with Gasteiger partial charge in [-0.05, 0) is 12.8 Å². The van der Waals surface area contributed by atoms with Crippen LogP contribution >= 0.6 is 0 Å². The average molecular weight is 181 g/mol. The third-order valence-corrected chi connectivity index (χ3v) is 2.65. The topological polar surface area (TPSA) is 8.81 Å². The largest absolute Gasteiger partial charge is 0.253 e. The minimum Gasteiger partial charge on any atom is -0.237 e. The van der Waals surface area contributed by atoms with Gasteiger partial charge in [0.25, 0.3) is 5.82 Å². The molecule has 0 aromatic carbocycles. The number of rotatable bonds is 5. The van der Waals surface area contributed by atoms with Crippen LogP contribution in [0, 0.1) is 6.92 Å². The molecule has 0 amide bonds. The molecule has 0 aliphatic heterocycles. The maximum atomic E-state index is 2.33. The van der Waals surface area contributed by atoms with Crippen molar-refractivity contribution in [1.29, 1.82) is 0 Å². The zero-order chi connectivity index (χ0) is 9.68. The zero-order valence-electron chi connectivity index (χ0n) is 9.08. The van der Waals surface area contributed by atoms with Gasteiger partial charge in [-0.25, -0.2) is 9.13 Å². The Balaban J connectivity index is 2.32. The molecular weight excluding hydrogens is 160 g/mol. The molecule has 0 atom stereocenters. The van der Waals surface area contributed by atoms with Crippen LogP contribution in [0.15, 0.2) is 12.4 Å². The number of imidazole rings is 1. The number of nitrogens with zero attached hydrogens (tertiary/aromatic N) is 2. The van der Waals surface area contributed by atoms with E-state index >= 15 is 0 Å². The van der Waals surface area contributed by atoms with Gasteiger partial charge in [0.2, 0.25) is 0 Å². The smallest absolute Gasteiger partial charge is 0.237 e. The average Bonchev–Trinajstić information content (AvgIpc) is 2.43. The molecule has 0 N–H and O–H groups in total. The first-order chi connectivity index (χ1) is 6.25. The summed E-state index contributed by atoms with van der Waals surface area (Å²) in [4.78, 5) is 0. The lowest BCUT2D eigenvalue weighted by Crippen LogP contribution is -2.29. The molecular formula is C11H21N2+. The van der Waals surface area contributed by atoms with E-state index in [0.29, 0.717) is 0 Å². The molecule has 0 aliphatic rings. The molecule has 2 nitrogen and oxygen atoms in total. The van der Waals surface area contributed by atoms with E-state index in [-0.39, 0.29) is 0 Å². The third-order valence-electron chi connectivity index (χ3n) is 2.65. The van der Waals surface area contributed by atoms with E-state index in [1.807, 2.05) is 0 Å². The lowest BCUT2D eigenvalue weighted by Gasteiger charge is -1.98. The lowest BCUT2D eigenvalue weighted by atomic mass is 10.2. The van der Waals surface area contributed by atoms with Crippen LogP contribution in [0.25, 0.3) is 0 Å². The summed E-state index contributed by atoms with van der Waals surface area (Å²) in [6, 6.07) is 0. The SMILES string of the molecule is CCCCCCn1cc[n+](C)c1C. The Bertz CT molecular complexity index is 251. The Labute approximate surface area is 81.2 Å². The van der Waals surface area contributed by atoms with Crippen molar-refractivity contribution >= 4 is 0 Å². The van der Waals surface area contributed by atoms with E-state index in [9.17, 15) is 0 Å². The monoisotopic (exact) mass is 181 g/mol. The van der Waals surface area contributed by atoms with E-state index in [1.165, 1.54) is 38.1 Å². The Kier molecular flexibility index (Phi) is 4.00. The fourth-order valence-electron chi connectivity index (χ4n) is 1.54. The van der Waals surface area contributed by atoms with Crippen LogP contribution in [-0.2, 0) is 13.6 Å². The second-order valence-electron chi connectivity index (χ2n) is 3.71. The van der Waals surface area contributed by atoms with Crippen LogP contribution in [0.5, 0.6) is 0 Å². The van der Waals surface area contributed by atoms with Crippen molar-refractivity contribution in [1.82, 2.24) is 4.57 Å². The lowest BCUT2D eigenvalue weighted by molar-refractivity contribution is -0.677. The number of aromatic nitrogens is 2. The molecule has 0 radical (unpaired) electrons. The van der Waals surface area contributed by atoms with Crippen LogP contribution in [0.3, 0.4) is 0 Å². The van der Waals surface area contributed by atoms with Crippen molar-refractivity contribution in [3.63, 3.8) is 0 Å². The highest BCUT2D eigenvalue weighted by atomic mass is 15.1. The normalized spacial score (nSPS) is 10.7. The molecule has 1 aromatic rings. The highest BCUT2D eigenvalue weighted by Crippen LogP contribution is 2.02. The van der Waals surface area contributed by atoms with Crippen LogP contribution < -0.4 is 4.57 Å². The first-order valence-electron chi connectivity index (χ1n) is 5.27. The number of hydrogen-bond acceptors (Lipinski definition) is 0. The Morgan fingerprint density at radius 2 is 2.08 bits per heavy atom. The Morgan fingerprint density at radius 1 is 1.31 bits per heavy atom. The van der Waals surface area contributed by atoms with E-state index in [0.717, 1.165) is 0 Å². The fourth-order valence-corrected chi connectivity index (χ4v) is 1.54. The molecule has 1 heterocycles. The van der Waals surface area contributed by atoms with Gasteiger partial charge in [0, 0.05) is 6.92 Å². The molecule has 0 spiro atoms. The fraction of sp³-hybridized carbons (Fsp3) is 0.727. The zero-order valence-corrected chi connectivity index (χ0v) is 9.08. The van der Waals surface area contributed by atoms with Crippen molar-refractivity contribution in [3.8, 4) is 0 Å². The van der Waals surface area contributed by atoms with Gasteiger partial charge in [-0.2, -0.15) is 0 Å². The van der Waals surface area contributed by atoms with Crippen molar-refractivity contribution in [2.75, 3.05) is 0 Å². The highest BCUT2D eigenvalue weighted by Gasteiger charge is 2.06. The van der Waals surface area contributed by atoms with Gasteiger partial charge in [0.1, 0.15) is 12.4 Å². The standard InChI is InChI=1S/C11H21N2/c1-4-5-6-7-8-13-10-9-12(3)11(13)2/h9-10H,4-8H2,1-3H3/q+1. The number of aryl methyl sites for hydroxylation is 2. The van der Waals surface area contributed by atoms with E-state index in [4.69, 9.17) is 0 Å². The minimum absolute atomic E-state index is 1.17. The van der Waals surface area contributed by atoms with Crippen molar-refractivity contribution in [3.05, 3.63) is 18.2 Å². The second kappa shape index (κ2) is 5.05. The summed E-state index contributed by atoms with van der Waals surface area (Å²) in [7, 11) is 2.10. The highest BCUT2D eigenvalue weighted by molar-refractivity contribution is 4.78. The van der Waals surface area contributed by atoms with E-state index in [1.54, 1.807) is 0 Å². The quantitative estimate of drug-likeness (QED) is 0.486. The van der Waals surface area contributed by atoms with Crippen LogP contribution in [0.4, 0.5) is 0 Å². The maximum Gasteiger partial charge on any atom is 0.253 e. The Hall–Kier alpha value is -0.790. The molecule has 0 aliphatic carbocycles. The number of hydrogen-bond donors (Lipinski definition) is 0. The molecule has 0 unspecified atom stereocenters. The molecule has 0 fully saturated rings. The summed E-state index contributed by atoms with van der Waals surface area (Å²) >= 11 is 0. The molecule has 0 saturated carbocycles. The van der Waals surface area contributed by atoms with E-state index < -0.39 is 0 Å². The third kappa shape index (κ3) is 2.87. The van der Waals surface area contributed by atoms with Crippen LogP contribution in [-0.4, -0.2) is 4.57 Å². The first-order valence-corrected chi connectivity index (χ1v) is 5.27. The molecule has 74 valence electrons. The predicted molar refractivity (Wildman–Crippen MR) is 54.5 cm³/mol. The summed E-state index contributed by atoms with van der Waals surface area (Å²) < 4.78 is 4.50. The second-order valence-corrected chi connectivity index (χ2v) is 3.71. The summed E-state index contributed by atoms with van der Waals surface area (Å²) in [6.45, 7) is 5.59. The summed E-state index contributed by atoms with van der Waals surface area (Å²) in [5.41, 5.74) is 0. The van der Waals surface area contributed by atoms with Crippen molar-refractivity contribution in [2.24, 2.45) is 7.05 Å². The minimum atomic E-state index is 1.17. The van der Waals surface area contributed by atoms with Crippen LogP contribution in [0.2, 0.25) is 0 Å². The summed E-state index contributed by atoms with van der Waals surface area (Å²) in [5, 5.41) is 0. The molecule has 1 aromatic heterocycles. The predicted octanol–water partition coefficient (Wildman–Crippen LogP) is 2.20. The van der Waals surface area contributed by atoms with Gasteiger partial charge in [-0.3, -0.25) is 0 Å². The maximum absolute atomic E-state index is 2.33. The molecule has 2 heteroatoms. The van der Waals surface area contributed by atoms with E-state index in [2.05, 4.69) is 42.4 Å². The number of unbranched alkanes of at least 4 members (excludes halogenated alkanes) is 3. The summed E-state index contributed by atoms with van der Waals surface area (Å²) in [5.74, 6) is 1.34. The Morgan fingerprint density at radius 3 is 2.62 bits per heavy atom.